The van der Waals surface area contributed by atoms with Crippen molar-refractivity contribution in [3.05, 3.63) is 0 Å². The zero-order chi connectivity index (χ0) is 17.7. The molecule has 1 aliphatic carbocycles. The van der Waals surface area contributed by atoms with E-state index in [9.17, 15) is 9.59 Å². The summed E-state index contributed by atoms with van der Waals surface area (Å²) >= 11 is 0. The molecule has 2 fully saturated rings. The molecular formula is C18H31NO5. The van der Waals surface area contributed by atoms with Gasteiger partial charge in [0.1, 0.15) is 0 Å². The summed E-state index contributed by atoms with van der Waals surface area (Å²) in [4.78, 5) is 29.3. The predicted molar refractivity (Wildman–Crippen MR) is 89.0 cm³/mol. The number of ether oxygens (including phenoxy) is 2. The van der Waals surface area contributed by atoms with Crippen molar-refractivity contribution < 1.29 is 23.9 Å². The Kier molecular flexibility index (Phi) is 6.63. The van der Waals surface area contributed by atoms with Crippen LogP contribution in [0.3, 0.4) is 0 Å². The number of esters is 1. The molecule has 1 aliphatic heterocycles. The highest BCUT2D eigenvalue weighted by molar-refractivity contribution is 5.75. The number of hydroxylamine groups is 2. The van der Waals surface area contributed by atoms with E-state index in [1.54, 1.807) is 5.06 Å². The lowest BCUT2D eigenvalue weighted by Gasteiger charge is -2.30. The van der Waals surface area contributed by atoms with E-state index in [1.165, 1.54) is 7.11 Å². The topological polar surface area (TPSA) is 65.1 Å². The summed E-state index contributed by atoms with van der Waals surface area (Å²) in [5, 5.41) is 1.77. The Hall–Kier alpha value is -1.14. The number of rotatable bonds is 5. The fourth-order valence-corrected chi connectivity index (χ4v) is 3.26. The zero-order valence-corrected chi connectivity index (χ0v) is 15.4. The maximum Gasteiger partial charge on any atom is 0.330 e. The highest BCUT2D eigenvalue weighted by Crippen LogP contribution is 2.29. The molecule has 0 aromatic heterocycles. The molecule has 1 saturated heterocycles. The lowest BCUT2D eigenvalue weighted by molar-refractivity contribution is -0.209. The van der Waals surface area contributed by atoms with Crippen LogP contribution in [0.1, 0.15) is 59.3 Å². The molecule has 2 rings (SSSR count). The standard InChI is InChI=1S/C18H31NO5/c1-18(2,3)17(21)24-19-10-6-8-14(19)12-23-15-9-5-7-13(11-15)16(20)22-4/h13-15H,5-12H2,1-4H3/t13?,14-,15?/m0/s1. The third-order valence-electron chi connectivity index (χ3n) is 4.82. The molecule has 2 unspecified atom stereocenters. The van der Waals surface area contributed by atoms with Gasteiger partial charge in [-0.15, -0.1) is 5.06 Å². The smallest absolute Gasteiger partial charge is 0.330 e. The second-order valence-corrected chi connectivity index (χ2v) is 7.91. The van der Waals surface area contributed by atoms with Crippen LogP contribution in [-0.2, 0) is 23.9 Å². The van der Waals surface area contributed by atoms with Crippen molar-refractivity contribution in [2.45, 2.75) is 71.4 Å². The molecule has 0 radical (unpaired) electrons. The van der Waals surface area contributed by atoms with Crippen molar-refractivity contribution in [1.82, 2.24) is 5.06 Å². The summed E-state index contributed by atoms with van der Waals surface area (Å²) in [5.74, 6) is -0.394. The molecule has 0 aromatic carbocycles. The molecular weight excluding hydrogens is 310 g/mol. The average molecular weight is 341 g/mol. The maximum atomic E-state index is 12.1. The molecule has 6 nitrogen and oxygen atoms in total. The minimum Gasteiger partial charge on any atom is -0.469 e. The van der Waals surface area contributed by atoms with Gasteiger partial charge in [0.05, 0.1) is 37.2 Å². The summed E-state index contributed by atoms with van der Waals surface area (Å²) < 4.78 is 10.9. The van der Waals surface area contributed by atoms with Crippen LogP contribution < -0.4 is 0 Å². The van der Waals surface area contributed by atoms with Crippen molar-refractivity contribution in [2.75, 3.05) is 20.3 Å². The summed E-state index contributed by atoms with van der Waals surface area (Å²) in [6.07, 6.45) is 5.61. The third kappa shape index (κ3) is 5.18. The Labute approximate surface area is 144 Å². The van der Waals surface area contributed by atoms with Crippen LogP contribution >= 0.6 is 0 Å². The first kappa shape index (κ1) is 19.2. The van der Waals surface area contributed by atoms with Gasteiger partial charge >= 0.3 is 11.9 Å². The number of carbonyl (C=O) groups is 2. The highest BCUT2D eigenvalue weighted by Gasteiger charge is 2.34. The molecule has 0 spiro atoms. The van der Waals surface area contributed by atoms with Crippen LogP contribution in [0.2, 0.25) is 0 Å². The number of methoxy groups -OCH3 is 1. The molecule has 1 saturated carbocycles. The molecule has 0 aromatic rings. The Balaban J connectivity index is 1.80. The van der Waals surface area contributed by atoms with Crippen LogP contribution in [0.5, 0.6) is 0 Å². The molecule has 1 heterocycles. The third-order valence-corrected chi connectivity index (χ3v) is 4.82. The number of hydrogen-bond acceptors (Lipinski definition) is 6. The van der Waals surface area contributed by atoms with Crippen LogP contribution in [0.25, 0.3) is 0 Å². The zero-order valence-electron chi connectivity index (χ0n) is 15.4. The van der Waals surface area contributed by atoms with Gasteiger partial charge in [0.25, 0.3) is 0 Å². The van der Waals surface area contributed by atoms with E-state index in [4.69, 9.17) is 14.3 Å². The van der Waals surface area contributed by atoms with E-state index in [2.05, 4.69) is 0 Å². The maximum absolute atomic E-state index is 12.1. The van der Waals surface area contributed by atoms with Crippen LogP contribution in [-0.4, -0.2) is 49.4 Å². The monoisotopic (exact) mass is 341 g/mol. The fourth-order valence-electron chi connectivity index (χ4n) is 3.26. The Morgan fingerprint density at radius 3 is 2.54 bits per heavy atom. The highest BCUT2D eigenvalue weighted by atomic mass is 16.7. The van der Waals surface area contributed by atoms with Crippen molar-refractivity contribution in [1.29, 1.82) is 0 Å². The van der Waals surface area contributed by atoms with Crippen LogP contribution in [0.4, 0.5) is 0 Å². The minimum absolute atomic E-state index is 0.0489. The largest absolute Gasteiger partial charge is 0.469 e. The van der Waals surface area contributed by atoms with Gasteiger partial charge in [-0.2, -0.15) is 0 Å². The lowest BCUT2D eigenvalue weighted by Crippen LogP contribution is -2.40. The lowest BCUT2D eigenvalue weighted by atomic mass is 9.87. The first-order chi connectivity index (χ1) is 11.3. The van der Waals surface area contributed by atoms with Gasteiger partial charge in [-0.05, 0) is 52.9 Å². The predicted octanol–water partition coefficient (Wildman–Crippen LogP) is 2.70. The second kappa shape index (κ2) is 8.30. The molecule has 6 heteroatoms. The van der Waals surface area contributed by atoms with Crippen molar-refractivity contribution in [3.8, 4) is 0 Å². The normalized spacial score (nSPS) is 28.6. The van der Waals surface area contributed by atoms with E-state index >= 15 is 0 Å². The molecule has 138 valence electrons. The first-order valence-electron chi connectivity index (χ1n) is 8.99. The molecule has 2 aliphatic rings. The fraction of sp³-hybridized carbons (Fsp3) is 0.889. The number of carbonyl (C=O) groups excluding carboxylic acids is 2. The summed E-state index contributed by atoms with van der Waals surface area (Å²) in [6.45, 7) is 6.85. The van der Waals surface area contributed by atoms with Gasteiger partial charge in [0.15, 0.2) is 0 Å². The van der Waals surface area contributed by atoms with Gasteiger partial charge in [-0.1, -0.05) is 6.42 Å². The van der Waals surface area contributed by atoms with Gasteiger partial charge in [-0.3, -0.25) is 4.79 Å². The molecule has 3 atom stereocenters. The first-order valence-corrected chi connectivity index (χ1v) is 8.99. The summed E-state index contributed by atoms with van der Waals surface area (Å²) in [7, 11) is 1.44. The molecule has 24 heavy (non-hydrogen) atoms. The molecule has 0 bridgehead atoms. The van der Waals surface area contributed by atoms with Gasteiger partial charge in [0.2, 0.25) is 0 Å². The summed E-state index contributed by atoms with van der Waals surface area (Å²) in [6, 6.07) is 0.106. The number of nitrogens with zero attached hydrogens (tertiary/aromatic N) is 1. The van der Waals surface area contributed by atoms with Crippen molar-refractivity contribution in [3.63, 3.8) is 0 Å². The Morgan fingerprint density at radius 2 is 1.88 bits per heavy atom. The van der Waals surface area contributed by atoms with E-state index < -0.39 is 5.41 Å². The number of hydrogen-bond donors (Lipinski definition) is 0. The van der Waals surface area contributed by atoms with Crippen molar-refractivity contribution in [2.24, 2.45) is 11.3 Å². The Bertz CT molecular complexity index is 445. The van der Waals surface area contributed by atoms with Crippen LogP contribution in [0, 0.1) is 11.3 Å². The average Bonchev–Trinajstić information content (AvgIpc) is 2.98. The summed E-state index contributed by atoms with van der Waals surface area (Å²) in [5.41, 5.74) is -0.509. The van der Waals surface area contributed by atoms with E-state index in [-0.39, 0.29) is 30.0 Å². The van der Waals surface area contributed by atoms with Gasteiger partial charge < -0.3 is 14.3 Å². The van der Waals surface area contributed by atoms with E-state index in [1.807, 2.05) is 20.8 Å². The second-order valence-electron chi connectivity index (χ2n) is 7.91. The van der Waals surface area contributed by atoms with Gasteiger partial charge in [-0.25, -0.2) is 4.79 Å². The minimum atomic E-state index is -0.509. The van der Waals surface area contributed by atoms with Gasteiger partial charge in [0, 0.05) is 6.54 Å². The van der Waals surface area contributed by atoms with E-state index in [0.717, 1.165) is 45.1 Å². The molecule has 0 N–H and O–H groups in total. The van der Waals surface area contributed by atoms with Crippen LogP contribution in [0.15, 0.2) is 0 Å². The quantitative estimate of drug-likeness (QED) is 0.717. The van der Waals surface area contributed by atoms with E-state index in [0.29, 0.717) is 6.61 Å². The van der Waals surface area contributed by atoms with Crippen molar-refractivity contribution >= 4 is 11.9 Å². The Morgan fingerprint density at radius 1 is 1.12 bits per heavy atom. The molecule has 0 amide bonds. The SMILES string of the molecule is COC(=O)C1CCCC(OC[C@@H]2CCCN2OC(=O)C(C)(C)C)C1.